The van der Waals surface area contributed by atoms with Crippen LogP contribution in [0.4, 0.5) is 11.4 Å². The van der Waals surface area contributed by atoms with Crippen molar-refractivity contribution in [2.75, 3.05) is 18.5 Å². The molecule has 1 saturated heterocycles. The molecular weight excluding hydrogens is 346 g/mol. The molecule has 0 spiro atoms. The molecule has 1 N–H and O–H groups in total. The molecule has 16 heavy (non-hydrogen) atoms. The van der Waals surface area contributed by atoms with Gasteiger partial charge in [0.15, 0.2) is 0 Å². The van der Waals surface area contributed by atoms with E-state index >= 15 is 0 Å². The number of nitrogens with zero attached hydrogens (tertiary/aromatic N) is 1. The first-order valence-corrected chi connectivity index (χ1v) is 6.01. The van der Waals surface area contributed by atoms with Gasteiger partial charge < -0.3 is 10.1 Å². The van der Waals surface area contributed by atoms with Crippen molar-refractivity contribution in [2.45, 2.75) is 6.04 Å². The Balaban J connectivity index is 2.32. The van der Waals surface area contributed by atoms with Gasteiger partial charge in [-0.1, -0.05) is 11.6 Å². The van der Waals surface area contributed by atoms with Crippen molar-refractivity contribution in [1.82, 2.24) is 0 Å². The Labute approximate surface area is 110 Å². The Morgan fingerprint density at radius 2 is 2.25 bits per heavy atom. The van der Waals surface area contributed by atoms with E-state index in [1.165, 1.54) is 6.07 Å². The molecule has 0 bridgehead atoms. The molecule has 0 unspecified atom stereocenters. The summed E-state index contributed by atoms with van der Waals surface area (Å²) in [5.74, 6) is 0. The summed E-state index contributed by atoms with van der Waals surface area (Å²) in [6, 6.07) is 3.18. The first-order valence-electron chi connectivity index (χ1n) is 4.55. The van der Waals surface area contributed by atoms with E-state index in [1.54, 1.807) is 6.07 Å². The van der Waals surface area contributed by atoms with Crippen LogP contribution in [0.3, 0.4) is 0 Å². The van der Waals surface area contributed by atoms with E-state index < -0.39 is 4.92 Å². The van der Waals surface area contributed by atoms with Gasteiger partial charge in [0, 0.05) is 9.64 Å². The molecule has 0 saturated carbocycles. The van der Waals surface area contributed by atoms with Crippen LogP contribution in [-0.4, -0.2) is 24.2 Å². The molecule has 1 aromatic rings. The predicted octanol–water partition coefficient (Wildman–Crippen LogP) is 2.66. The molecule has 1 aliphatic rings. The number of anilines is 1. The minimum atomic E-state index is -0.416. The maximum atomic E-state index is 10.9. The second-order valence-corrected chi connectivity index (χ2v) is 4.99. The fraction of sp³-hybridized carbons (Fsp3) is 0.333. The van der Waals surface area contributed by atoms with E-state index in [1.807, 2.05) is 22.6 Å². The number of nitro groups is 1. The lowest BCUT2D eigenvalue weighted by atomic mass is 10.2. The third kappa shape index (κ3) is 2.38. The quantitative estimate of drug-likeness (QED) is 0.515. The van der Waals surface area contributed by atoms with Crippen molar-refractivity contribution >= 4 is 45.6 Å². The number of rotatable bonds is 3. The molecule has 2 rings (SSSR count). The molecule has 86 valence electrons. The van der Waals surface area contributed by atoms with E-state index in [2.05, 4.69) is 5.32 Å². The number of hydrogen-bond donors (Lipinski definition) is 1. The molecule has 7 heteroatoms. The summed E-state index contributed by atoms with van der Waals surface area (Å²) in [6.07, 6.45) is 0. The molecule has 1 aliphatic heterocycles. The number of hydrogen-bond acceptors (Lipinski definition) is 4. The van der Waals surface area contributed by atoms with Gasteiger partial charge in [-0.25, -0.2) is 0 Å². The molecule has 1 aromatic carbocycles. The summed E-state index contributed by atoms with van der Waals surface area (Å²) in [7, 11) is 0. The van der Waals surface area contributed by atoms with E-state index in [0.29, 0.717) is 27.5 Å². The van der Waals surface area contributed by atoms with Crippen LogP contribution in [0, 0.1) is 13.7 Å². The number of ether oxygens (including phenoxy) is 1. The summed E-state index contributed by atoms with van der Waals surface area (Å²) < 4.78 is 5.66. The van der Waals surface area contributed by atoms with Crippen LogP contribution in [-0.2, 0) is 4.74 Å². The van der Waals surface area contributed by atoms with Gasteiger partial charge in [0.2, 0.25) is 0 Å². The monoisotopic (exact) mass is 354 g/mol. The molecule has 0 aromatic heterocycles. The van der Waals surface area contributed by atoms with Gasteiger partial charge in [0.05, 0.1) is 29.2 Å². The number of benzene rings is 1. The maximum absolute atomic E-state index is 10.9. The van der Waals surface area contributed by atoms with Crippen molar-refractivity contribution < 1.29 is 9.66 Å². The highest BCUT2D eigenvalue weighted by atomic mass is 127. The Morgan fingerprint density at radius 1 is 1.56 bits per heavy atom. The van der Waals surface area contributed by atoms with E-state index in [4.69, 9.17) is 16.3 Å². The van der Waals surface area contributed by atoms with Crippen molar-refractivity contribution in [2.24, 2.45) is 0 Å². The lowest BCUT2D eigenvalue weighted by Gasteiger charge is -2.27. The van der Waals surface area contributed by atoms with Crippen molar-refractivity contribution in [3.05, 3.63) is 30.8 Å². The molecule has 5 nitrogen and oxygen atoms in total. The molecule has 0 aliphatic carbocycles. The zero-order valence-corrected chi connectivity index (χ0v) is 11.0. The van der Waals surface area contributed by atoms with Crippen LogP contribution in [0.2, 0.25) is 5.02 Å². The molecule has 1 heterocycles. The number of nitrogens with one attached hydrogen (secondary N) is 1. The van der Waals surface area contributed by atoms with E-state index in [0.717, 1.165) is 0 Å². The third-order valence-electron chi connectivity index (χ3n) is 2.23. The maximum Gasteiger partial charge on any atom is 0.293 e. The van der Waals surface area contributed by atoms with Gasteiger partial charge in [-0.15, -0.1) is 0 Å². The minimum Gasteiger partial charge on any atom is -0.377 e. The Morgan fingerprint density at radius 3 is 2.75 bits per heavy atom. The van der Waals surface area contributed by atoms with Crippen molar-refractivity contribution in [3.63, 3.8) is 0 Å². The Kier molecular flexibility index (Phi) is 3.50. The van der Waals surface area contributed by atoms with Gasteiger partial charge in [-0.05, 0) is 28.7 Å². The lowest BCUT2D eigenvalue weighted by Crippen LogP contribution is -2.40. The SMILES string of the molecule is O=[N+]([O-])c1cc(I)c(Cl)cc1NC1COC1. The van der Waals surface area contributed by atoms with Gasteiger partial charge in [-0.3, -0.25) is 10.1 Å². The second kappa shape index (κ2) is 4.72. The Bertz CT molecular complexity index is 437. The van der Waals surface area contributed by atoms with Crippen molar-refractivity contribution in [3.8, 4) is 0 Å². The van der Waals surface area contributed by atoms with Crippen LogP contribution in [0.15, 0.2) is 12.1 Å². The smallest absolute Gasteiger partial charge is 0.293 e. The summed E-state index contributed by atoms with van der Waals surface area (Å²) >= 11 is 7.90. The van der Waals surface area contributed by atoms with Gasteiger partial charge >= 0.3 is 0 Å². The van der Waals surface area contributed by atoms with Gasteiger partial charge in [-0.2, -0.15) is 0 Å². The summed E-state index contributed by atoms with van der Waals surface area (Å²) in [6.45, 7) is 1.14. The fourth-order valence-corrected chi connectivity index (χ4v) is 1.96. The van der Waals surface area contributed by atoms with E-state index in [-0.39, 0.29) is 11.7 Å². The largest absolute Gasteiger partial charge is 0.377 e. The Hall–Kier alpha value is -0.600. The first kappa shape index (κ1) is 11.9. The van der Waals surface area contributed by atoms with Crippen LogP contribution in [0.5, 0.6) is 0 Å². The van der Waals surface area contributed by atoms with Crippen LogP contribution >= 0.6 is 34.2 Å². The zero-order valence-electron chi connectivity index (χ0n) is 8.07. The molecule has 1 fully saturated rings. The zero-order chi connectivity index (χ0) is 11.7. The fourth-order valence-electron chi connectivity index (χ4n) is 1.34. The van der Waals surface area contributed by atoms with Crippen LogP contribution < -0.4 is 5.32 Å². The van der Waals surface area contributed by atoms with Gasteiger partial charge in [0.1, 0.15) is 5.69 Å². The van der Waals surface area contributed by atoms with E-state index in [9.17, 15) is 10.1 Å². The minimum absolute atomic E-state index is 0.0423. The molecule has 0 amide bonds. The molecule has 0 radical (unpaired) electrons. The standard InChI is InChI=1S/C9H8ClIN2O3/c10-6-1-8(12-5-3-16-4-5)9(13(14)15)2-7(6)11/h1-2,5,12H,3-4H2. The molecule has 0 atom stereocenters. The summed E-state index contributed by atoms with van der Waals surface area (Å²) in [5, 5.41) is 14.4. The normalized spacial score (nSPS) is 15.6. The molecular formula is C9H8ClIN2O3. The highest BCUT2D eigenvalue weighted by Gasteiger charge is 2.23. The average molecular weight is 355 g/mol. The van der Waals surface area contributed by atoms with Crippen molar-refractivity contribution in [1.29, 1.82) is 0 Å². The van der Waals surface area contributed by atoms with Crippen LogP contribution in [0.25, 0.3) is 0 Å². The first-order chi connectivity index (χ1) is 7.58. The average Bonchev–Trinajstić information content (AvgIpc) is 2.16. The summed E-state index contributed by atoms with van der Waals surface area (Å²) in [4.78, 5) is 10.4. The summed E-state index contributed by atoms with van der Waals surface area (Å²) in [5.41, 5.74) is 0.490. The number of halogens is 2. The third-order valence-corrected chi connectivity index (χ3v) is 3.76. The van der Waals surface area contributed by atoms with Gasteiger partial charge in [0.25, 0.3) is 5.69 Å². The lowest BCUT2D eigenvalue weighted by molar-refractivity contribution is -0.384. The number of nitro benzene ring substituents is 1. The predicted molar refractivity (Wildman–Crippen MR) is 69.1 cm³/mol. The second-order valence-electron chi connectivity index (χ2n) is 3.42. The highest BCUT2D eigenvalue weighted by Crippen LogP contribution is 2.32. The van der Waals surface area contributed by atoms with Crippen LogP contribution in [0.1, 0.15) is 0 Å². The highest BCUT2D eigenvalue weighted by molar-refractivity contribution is 14.1. The topological polar surface area (TPSA) is 64.4 Å².